The van der Waals surface area contributed by atoms with E-state index >= 15 is 0 Å². The monoisotopic (exact) mass is 802 g/mol. The number of nitrogens with zero attached hydrogens (tertiary/aromatic N) is 8. The molecular formula is C41H55BrN8O4. The van der Waals surface area contributed by atoms with Gasteiger partial charge in [-0.05, 0) is 70.8 Å². The fraction of sp³-hybridized carbons (Fsp3) is 0.512. The Hall–Kier alpha value is -4.20. The van der Waals surface area contributed by atoms with Crippen molar-refractivity contribution in [2.45, 2.75) is 91.8 Å². The number of likely N-dealkylation sites (N-methyl/N-ethyl adjacent to an activating group) is 1. The molecule has 3 aliphatic heterocycles. The molecule has 0 spiro atoms. The molecule has 0 aliphatic carbocycles. The Morgan fingerprint density at radius 2 is 1.06 bits per heavy atom. The largest absolute Gasteiger partial charge is 0.445 e. The molecule has 3 aliphatic rings. The third-order valence-corrected chi connectivity index (χ3v) is 10.6. The van der Waals surface area contributed by atoms with Crippen LogP contribution in [0.5, 0.6) is 0 Å². The molecule has 1 saturated heterocycles. The minimum absolute atomic E-state index is 0.246. The van der Waals surface area contributed by atoms with Crippen LogP contribution in [0.15, 0.2) is 48.5 Å². The number of amides is 2. The second-order valence-electron chi connectivity index (χ2n) is 15.1. The summed E-state index contributed by atoms with van der Waals surface area (Å²) in [6.45, 7) is 18.3. The Morgan fingerprint density at radius 1 is 0.611 bits per heavy atom. The maximum atomic E-state index is 12.7. The van der Waals surface area contributed by atoms with Gasteiger partial charge in [0, 0.05) is 64.2 Å². The van der Waals surface area contributed by atoms with Gasteiger partial charge < -0.3 is 24.2 Å². The first kappa shape index (κ1) is 39.5. The molecule has 2 aromatic heterocycles. The van der Waals surface area contributed by atoms with Crippen molar-refractivity contribution >= 4 is 28.1 Å². The lowest BCUT2D eigenvalue weighted by molar-refractivity contribution is 0.0935. The van der Waals surface area contributed by atoms with Crippen molar-refractivity contribution in [2.75, 3.05) is 46.3 Å². The molecular weight excluding hydrogens is 748 g/mol. The summed E-state index contributed by atoms with van der Waals surface area (Å²) >= 11 is 3.43. The number of rotatable bonds is 7. The number of carbonyl (C=O) groups is 2. The molecule has 0 N–H and O–H groups in total. The van der Waals surface area contributed by atoms with Gasteiger partial charge in [0.2, 0.25) is 0 Å². The van der Waals surface area contributed by atoms with Gasteiger partial charge in [0.05, 0.1) is 35.9 Å². The number of fused-ring (bicyclic) bond motifs is 2. The number of hydrogen-bond donors (Lipinski definition) is 0. The molecule has 0 unspecified atom stereocenters. The molecule has 5 heterocycles. The number of piperazine rings is 1. The number of benzene rings is 2. The van der Waals surface area contributed by atoms with E-state index in [-0.39, 0.29) is 12.2 Å². The highest BCUT2D eigenvalue weighted by Gasteiger charge is 2.24. The number of hydrogen-bond acceptors (Lipinski definition) is 8. The molecule has 2 amide bonds. The molecule has 0 bridgehead atoms. The van der Waals surface area contributed by atoms with Crippen molar-refractivity contribution in [1.29, 1.82) is 0 Å². The summed E-state index contributed by atoms with van der Waals surface area (Å²) in [6.07, 6.45) is 1.27. The van der Waals surface area contributed by atoms with Gasteiger partial charge in [0.1, 0.15) is 13.2 Å². The first-order valence-corrected chi connectivity index (χ1v) is 20.2. The molecule has 290 valence electrons. The average Bonchev–Trinajstić information content (AvgIpc) is 3.56. The number of alkyl halides is 1. The maximum Gasteiger partial charge on any atom is 0.410 e. The molecule has 0 atom stereocenters. The van der Waals surface area contributed by atoms with E-state index in [9.17, 15) is 9.59 Å². The third kappa shape index (κ3) is 10.9. The van der Waals surface area contributed by atoms with Crippen LogP contribution in [-0.2, 0) is 60.7 Å². The molecule has 13 heteroatoms. The zero-order chi connectivity index (χ0) is 38.2. The zero-order valence-electron chi connectivity index (χ0n) is 32.5. The molecule has 7 rings (SSSR count). The third-order valence-electron chi connectivity index (χ3n) is 10.1. The highest BCUT2D eigenvalue weighted by Crippen LogP contribution is 2.19. The summed E-state index contributed by atoms with van der Waals surface area (Å²) in [5.41, 5.74) is 11.1. The second-order valence-corrected chi connectivity index (χ2v) is 15.6. The zero-order valence-corrected chi connectivity index (χ0v) is 34.1. The number of carbonyl (C=O) groups excluding carboxylic acids is 2. The Morgan fingerprint density at radius 3 is 1.52 bits per heavy atom. The second kappa shape index (κ2) is 18.4. The number of halogens is 1. The smallest absolute Gasteiger partial charge is 0.410 e. The highest BCUT2D eigenvalue weighted by molar-refractivity contribution is 9.08. The van der Waals surface area contributed by atoms with Crippen molar-refractivity contribution in [3.63, 3.8) is 0 Å². The average molecular weight is 804 g/mol. The molecule has 12 nitrogen and oxygen atoms in total. The van der Waals surface area contributed by atoms with Crippen LogP contribution in [0.4, 0.5) is 9.59 Å². The van der Waals surface area contributed by atoms with Crippen molar-refractivity contribution in [3.8, 4) is 0 Å². The van der Waals surface area contributed by atoms with Gasteiger partial charge in [-0.2, -0.15) is 10.2 Å². The number of ether oxygens (including phenoxy) is 2. The van der Waals surface area contributed by atoms with Crippen molar-refractivity contribution in [3.05, 3.63) is 105 Å². The Kier molecular flexibility index (Phi) is 13.5. The minimum Gasteiger partial charge on any atom is -0.445 e. The van der Waals surface area contributed by atoms with Crippen LogP contribution in [0.2, 0.25) is 0 Å². The van der Waals surface area contributed by atoms with Gasteiger partial charge in [-0.25, -0.2) is 9.59 Å². The summed E-state index contributed by atoms with van der Waals surface area (Å²) in [7, 11) is 2.17. The van der Waals surface area contributed by atoms with Gasteiger partial charge in [0.25, 0.3) is 0 Å². The van der Waals surface area contributed by atoms with Crippen molar-refractivity contribution in [2.24, 2.45) is 0 Å². The van der Waals surface area contributed by atoms with Crippen LogP contribution in [0, 0.1) is 27.7 Å². The van der Waals surface area contributed by atoms with Gasteiger partial charge in [-0.1, -0.05) is 74.6 Å². The van der Waals surface area contributed by atoms with E-state index < -0.39 is 0 Å². The lowest BCUT2D eigenvalue weighted by atomic mass is 10.1. The molecule has 2 aromatic carbocycles. The Bertz CT molecular complexity index is 1860. The minimum atomic E-state index is -0.260. The van der Waals surface area contributed by atoms with Gasteiger partial charge in [-0.15, -0.1) is 0 Å². The van der Waals surface area contributed by atoms with E-state index in [1.807, 2.05) is 15.6 Å². The van der Waals surface area contributed by atoms with E-state index in [0.717, 1.165) is 97.9 Å². The molecule has 4 aromatic rings. The quantitative estimate of drug-likeness (QED) is 0.190. The van der Waals surface area contributed by atoms with Crippen LogP contribution < -0.4 is 0 Å². The SMILES string of the molecule is Cc1cc(C)cc(COC(=O)N2CCCn3nc(CBr)cc3C2)c1.Cc1cc(C)cc(COC(=O)N2CCCn3nc(CN4CCN(C)CC4)cc3C2)c1. The van der Waals surface area contributed by atoms with Crippen LogP contribution in [0.1, 0.15) is 69.0 Å². The fourth-order valence-electron chi connectivity index (χ4n) is 7.51. The van der Waals surface area contributed by atoms with E-state index in [2.05, 4.69) is 113 Å². The predicted octanol–water partition coefficient (Wildman–Crippen LogP) is 6.73. The van der Waals surface area contributed by atoms with Gasteiger partial charge in [-0.3, -0.25) is 14.3 Å². The maximum absolute atomic E-state index is 12.7. The van der Waals surface area contributed by atoms with Crippen molar-refractivity contribution < 1.29 is 19.1 Å². The summed E-state index contributed by atoms with van der Waals surface area (Å²) in [4.78, 5) is 33.6. The van der Waals surface area contributed by atoms with Crippen molar-refractivity contribution in [1.82, 2.24) is 39.2 Å². The summed E-state index contributed by atoms with van der Waals surface area (Å²) < 4.78 is 15.2. The summed E-state index contributed by atoms with van der Waals surface area (Å²) in [6, 6.07) is 16.7. The van der Waals surface area contributed by atoms with Gasteiger partial charge >= 0.3 is 12.2 Å². The first-order chi connectivity index (χ1) is 26.0. The van der Waals surface area contributed by atoms with E-state index in [1.54, 1.807) is 4.90 Å². The molecule has 0 saturated carbocycles. The Labute approximate surface area is 328 Å². The highest BCUT2D eigenvalue weighted by atomic mass is 79.9. The molecule has 54 heavy (non-hydrogen) atoms. The van der Waals surface area contributed by atoms with E-state index in [4.69, 9.17) is 14.6 Å². The normalized spacial score (nSPS) is 16.4. The standard InChI is InChI=1S/C23H33N5O2.C18H22BrN3O2/c1-18-11-19(2)13-20(12-18)17-30-23(29)27-5-4-6-28-22(16-27)14-21(24-28)15-26-9-7-25(3)8-10-26;1-13-6-14(2)8-15(7-13)12-24-18(23)21-4-3-5-22-17(11-21)9-16(10-19)20-22/h11-14H,4-10,15-17H2,1-3H3;6-9H,3-5,10-12H2,1-2H3. The van der Waals surface area contributed by atoms with Crippen LogP contribution >= 0.6 is 15.9 Å². The summed E-state index contributed by atoms with van der Waals surface area (Å²) in [5, 5.41) is 10.1. The van der Waals surface area contributed by atoms with Crippen LogP contribution in [0.25, 0.3) is 0 Å². The lowest BCUT2D eigenvalue weighted by Crippen LogP contribution is -2.43. The molecule has 1 fully saturated rings. The predicted molar refractivity (Wildman–Crippen MR) is 212 cm³/mol. The lowest BCUT2D eigenvalue weighted by Gasteiger charge is -2.31. The van der Waals surface area contributed by atoms with E-state index in [1.165, 1.54) is 22.3 Å². The number of aryl methyl sites for hydroxylation is 6. The van der Waals surface area contributed by atoms with E-state index in [0.29, 0.717) is 39.4 Å². The van der Waals surface area contributed by atoms with Crippen LogP contribution in [-0.4, -0.2) is 97.7 Å². The summed E-state index contributed by atoms with van der Waals surface area (Å²) in [5.74, 6) is 0. The Balaban J connectivity index is 0.000000189. The molecule has 0 radical (unpaired) electrons. The number of aromatic nitrogens is 4. The van der Waals surface area contributed by atoms with Gasteiger partial charge in [0.15, 0.2) is 0 Å². The topological polar surface area (TPSA) is 101 Å². The fourth-order valence-corrected chi connectivity index (χ4v) is 7.78. The van der Waals surface area contributed by atoms with Crippen LogP contribution in [0.3, 0.4) is 0 Å². The first-order valence-electron chi connectivity index (χ1n) is 19.1.